The van der Waals surface area contributed by atoms with Crippen molar-refractivity contribution in [2.75, 3.05) is 5.32 Å². The molecule has 3 rings (SSSR count). The summed E-state index contributed by atoms with van der Waals surface area (Å²) in [6.45, 7) is 1.80. The van der Waals surface area contributed by atoms with E-state index in [9.17, 15) is 14.9 Å². The number of aromatic nitrogens is 2. The van der Waals surface area contributed by atoms with Gasteiger partial charge in [0.15, 0.2) is 5.92 Å². The first-order valence-electron chi connectivity index (χ1n) is 7.12. The van der Waals surface area contributed by atoms with Gasteiger partial charge in [0.1, 0.15) is 5.69 Å². The van der Waals surface area contributed by atoms with Gasteiger partial charge < -0.3 is 5.32 Å². The zero-order valence-corrected chi connectivity index (χ0v) is 13.5. The van der Waals surface area contributed by atoms with Crippen LogP contribution in [0.4, 0.5) is 5.69 Å². The highest BCUT2D eigenvalue weighted by Crippen LogP contribution is 2.22. The number of anilines is 1. The maximum Gasteiger partial charge on any atom is 0.249 e. The fourth-order valence-corrected chi connectivity index (χ4v) is 2.83. The van der Waals surface area contributed by atoms with E-state index < -0.39 is 17.6 Å². The van der Waals surface area contributed by atoms with Crippen molar-refractivity contribution in [2.45, 2.75) is 6.92 Å². The Kier molecular flexibility index (Phi) is 4.31. The van der Waals surface area contributed by atoms with Crippen molar-refractivity contribution in [3.05, 3.63) is 53.2 Å². The van der Waals surface area contributed by atoms with E-state index in [-0.39, 0.29) is 5.69 Å². The predicted molar refractivity (Wildman–Crippen MR) is 90.7 cm³/mol. The first-order valence-corrected chi connectivity index (χ1v) is 7.89. The molecule has 0 saturated heterocycles. The van der Waals surface area contributed by atoms with Crippen LogP contribution in [0.5, 0.6) is 0 Å². The second kappa shape index (κ2) is 6.56. The first kappa shape index (κ1) is 15.8. The normalized spacial score (nSPS) is 11.7. The Balaban J connectivity index is 1.87. The molecule has 0 fully saturated rings. The first-order chi connectivity index (χ1) is 11.6. The summed E-state index contributed by atoms with van der Waals surface area (Å²) in [5.41, 5.74) is 1.36. The van der Waals surface area contributed by atoms with Gasteiger partial charge in [-0.2, -0.15) is 9.64 Å². The zero-order valence-electron chi connectivity index (χ0n) is 12.7. The summed E-state index contributed by atoms with van der Waals surface area (Å²) in [5.74, 6) is -2.72. The molecule has 0 bridgehead atoms. The predicted octanol–water partition coefficient (Wildman–Crippen LogP) is 2.96. The van der Waals surface area contributed by atoms with E-state index in [0.717, 1.165) is 21.8 Å². The van der Waals surface area contributed by atoms with E-state index in [2.05, 4.69) is 14.7 Å². The highest BCUT2D eigenvalue weighted by Gasteiger charge is 2.29. The molecule has 24 heavy (non-hydrogen) atoms. The molecule has 1 aromatic carbocycles. The monoisotopic (exact) mass is 336 g/mol. The van der Waals surface area contributed by atoms with Crippen molar-refractivity contribution < 1.29 is 9.59 Å². The smallest absolute Gasteiger partial charge is 0.249 e. The molecule has 0 saturated carbocycles. The molecule has 0 aliphatic carbocycles. The summed E-state index contributed by atoms with van der Waals surface area (Å²) in [6.07, 6.45) is 1.65. The fraction of sp³-hybridized carbons (Fsp3) is 0.118. The fourth-order valence-electron chi connectivity index (χ4n) is 2.28. The van der Waals surface area contributed by atoms with Gasteiger partial charge in [-0.05, 0) is 48.8 Å². The van der Waals surface area contributed by atoms with Crippen LogP contribution in [0, 0.1) is 24.2 Å². The number of hydrogen-bond acceptors (Lipinski definition) is 6. The highest BCUT2D eigenvalue weighted by atomic mass is 32.1. The van der Waals surface area contributed by atoms with Crippen LogP contribution in [0.25, 0.3) is 10.9 Å². The third-order valence-corrected chi connectivity index (χ3v) is 4.13. The molecule has 0 aliphatic heterocycles. The van der Waals surface area contributed by atoms with Gasteiger partial charge in [0.2, 0.25) is 11.7 Å². The van der Waals surface area contributed by atoms with Crippen LogP contribution < -0.4 is 5.32 Å². The Morgan fingerprint density at radius 3 is 2.83 bits per heavy atom. The molecule has 1 N–H and O–H groups in total. The number of amides is 1. The van der Waals surface area contributed by atoms with Gasteiger partial charge in [-0.25, -0.2) is 0 Å². The average Bonchev–Trinajstić information content (AvgIpc) is 3.02. The second-order valence-corrected chi connectivity index (χ2v) is 6.12. The number of nitrogens with one attached hydrogen (secondary N) is 1. The average molecular weight is 336 g/mol. The molecule has 2 heterocycles. The molecule has 1 unspecified atom stereocenters. The van der Waals surface area contributed by atoms with Crippen LogP contribution >= 0.6 is 11.5 Å². The summed E-state index contributed by atoms with van der Waals surface area (Å²) in [4.78, 5) is 29.8. The molecule has 3 aromatic rings. The number of fused-ring (bicyclic) bond motifs is 1. The van der Waals surface area contributed by atoms with Gasteiger partial charge in [0.05, 0.1) is 17.3 Å². The largest absolute Gasteiger partial charge is 0.324 e. The molecule has 1 amide bonds. The SMILES string of the molecule is Cc1cc(C(=O)C(C#N)C(=O)Nc2cccc3ncccc23)ns1. The van der Waals surface area contributed by atoms with Gasteiger partial charge >= 0.3 is 0 Å². The van der Waals surface area contributed by atoms with Crippen LogP contribution in [0.1, 0.15) is 15.4 Å². The Hall–Kier alpha value is -3.11. The molecular weight excluding hydrogens is 324 g/mol. The minimum absolute atomic E-state index is 0.138. The van der Waals surface area contributed by atoms with Crippen LogP contribution in [0.2, 0.25) is 0 Å². The highest BCUT2D eigenvalue weighted by molar-refractivity contribution is 7.05. The number of nitrogens with zero attached hydrogens (tertiary/aromatic N) is 3. The maximum absolute atomic E-state index is 12.4. The Morgan fingerprint density at radius 1 is 1.29 bits per heavy atom. The molecule has 7 heteroatoms. The molecule has 0 spiro atoms. The zero-order chi connectivity index (χ0) is 17.1. The molecule has 118 valence electrons. The summed E-state index contributed by atoms with van der Waals surface area (Å²) in [5, 5.41) is 12.6. The summed E-state index contributed by atoms with van der Waals surface area (Å²) >= 11 is 1.16. The van der Waals surface area contributed by atoms with Crippen molar-refractivity contribution in [1.82, 2.24) is 9.36 Å². The van der Waals surface area contributed by atoms with Crippen LogP contribution in [0.3, 0.4) is 0 Å². The molecular formula is C17H12N4O2S. The molecule has 6 nitrogen and oxygen atoms in total. The van der Waals surface area contributed by atoms with Crippen LogP contribution in [-0.2, 0) is 4.79 Å². The van der Waals surface area contributed by atoms with Gasteiger partial charge in [0, 0.05) is 16.5 Å². The lowest BCUT2D eigenvalue weighted by Crippen LogP contribution is -2.29. The third-order valence-electron chi connectivity index (χ3n) is 3.44. The lowest BCUT2D eigenvalue weighted by molar-refractivity contribution is -0.117. The number of benzene rings is 1. The number of ketones is 1. The van der Waals surface area contributed by atoms with Gasteiger partial charge in [0.25, 0.3) is 0 Å². The van der Waals surface area contributed by atoms with Crippen molar-refractivity contribution in [3.8, 4) is 6.07 Å². The summed E-state index contributed by atoms with van der Waals surface area (Å²) in [7, 11) is 0. The van der Waals surface area contributed by atoms with Crippen molar-refractivity contribution >= 4 is 39.8 Å². The lowest BCUT2D eigenvalue weighted by atomic mass is 10.0. The van der Waals surface area contributed by atoms with Crippen molar-refractivity contribution in [1.29, 1.82) is 5.26 Å². The van der Waals surface area contributed by atoms with Gasteiger partial charge in [-0.15, -0.1) is 0 Å². The Labute approximate surface area is 141 Å². The van der Waals surface area contributed by atoms with E-state index in [1.807, 2.05) is 12.1 Å². The Bertz CT molecular complexity index is 969. The second-order valence-electron chi connectivity index (χ2n) is 5.11. The number of rotatable bonds is 4. The maximum atomic E-state index is 12.4. The number of aryl methyl sites for hydroxylation is 1. The van der Waals surface area contributed by atoms with E-state index in [0.29, 0.717) is 11.2 Å². The van der Waals surface area contributed by atoms with Crippen LogP contribution in [-0.4, -0.2) is 21.0 Å². The standard InChI is InChI=1S/C17H12N4O2S/c1-10-8-15(21-24-10)16(22)12(9-18)17(23)20-14-6-2-5-13-11(14)4-3-7-19-13/h2-8,12H,1H3,(H,20,23). The third kappa shape index (κ3) is 3.00. The Morgan fingerprint density at radius 2 is 2.12 bits per heavy atom. The lowest BCUT2D eigenvalue weighted by Gasteiger charge is -2.10. The number of carbonyl (C=O) groups excluding carboxylic acids is 2. The van der Waals surface area contributed by atoms with Gasteiger partial charge in [-0.3, -0.25) is 14.6 Å². The summed E-state index contributed by atoms with van der Waals surface area (Å²) < 4.78 is 3.97. The molecule has 2 aromatic heterocycles. The summed E-state index contributed by atoms with van der Waals surface area (Å²) in [6, 6.07) is 12.2. The van der Waals surface area contributed by atoms with E-state index in [1.54, 1.807) is 43.5 Å². The number of nitriles is 1. The minimum atomic E-state index is -1.45. The molecule has 0 radical (unpaired) electrons. The number of pyridine rings is 1. The topological polar surface area (TPSA) is 95.7 Å². The van der Waals surface area contributed by atoms with Crippen molar-refractivity contribution in [2.24, 2.45) is 5.92 Å². The number of Topliss-reactive ketones (excluding diaryl/α,β-unsaturated/α-hetero) is 1. The minimum Gasteiger partial charge on any atom is -0.324 e. The molecule has 1 atom stereocenters. The van der Waals surface area contributed by atoms with E-state index in [1.165, 1.54) is 0 Å². The van der Waals surface area contributed by atoms with Gasteiger partial charge in [-0.1, -0.05) is 6.07 Å². The van der Waals surface area contributed by atoms with E-state index in [4.69, 9.17) is 0 Å². The number of carbonyl (C=O) groups is 2. The molecule has 0 aliphatic rings. The van der Waals surface area contributed by atoms with Crippen molar-refractivity contribution in [3.63, 3.8) is 0 Å². The quantitative estimate of drug-likeness (QED) is 0.584. The number of hydrogen-bond donors (Lipinski definition) is 1. The van der Waals surface area contributed by atoms with Crippen LogP contribution in [0.15, 0.2) is 42.6 Å². The van der Waals surface area contributed by atoms with E-state index >= 15 is 0 Å².